The molecule has 0 amide bonds. The summed E-state index contributed by atoms with van der Waals surface area (Å²) in [6.07, 6.45) is -3.76. The number of hydrogen-bond acceptors (Lipinski definition) is 4. The number of rotatable bonds is 9. The summed E-state index contributed by atoms with van der Waals surface area (Å²) in [4.78, 5) is 2.19. The Balaban J connectivity index is 4.02. The topological polar surface area (TPSA) is 73.9 Å². The van der Waals surface area contributed by atoms with Gasteiger partial charge in [-0.3, -0.25) is 0 Å². The first kappa shape index (κ1) is 18.0. The highest BCUT2D eigenvalue weighted by Gasteiger charge is 2.42. The van der Waals surface area contributed by atoms with Crippen LogP contribution in [0.4, 0.5) is 13.2 Å². The van der Waals surface area contributed by atoms with E-state index in [2.05, 4.69) is 15.4 Å². The molecule has 0 aromatic carbocycles. The summed E-state index contributed by atoms with van der Waals surface area (Å²) in [5, 5.41) is 13.5. The number of oxime groups is 1. The summed E-state index contributed by atoms with van der Waals surface area (Å²) in [5.41, 5.74) is 5.04. The van der Waals surface area contributed by atoms with E-state index >= 15 is 0 Å². The van der Waals surface area contributed by atoms with Crippen LogP contribution in [0.15, 0.2) is 5.16 Å². The van der Waals surface area contributed by atoms with E-state index in [9.17, 15) is 13.2 Å². The Morgan fingerprint density at radius 3 is 2.37 bits per heavy atom. The molecule has 0 fully saturated rings. The molecule has 0 saturated heterocycles. The zero-order valence-electron chi connectivity index (χ0n) is 11.4. The van der Waals surface area contributed by atoms with Crippen LogP contribution in [-0.2, 0) is 0 Å². The molecule has 0 radical (unpaired) electrons. The number of nitrogens with one attached hydrogen (secondary N) is 1. The third kappa shape index (κ3) is 7.22. The first-order valence-electron chi connectivity index (χ1n) is 6.33. The Labute approximate surface area is 111 Å². The van der Waals surface area contributed by atoms with Crippen LogP contribution in [0.5, 0.6) is 0 Å². The fraction of sp³-hybridized carbons (Fsp3) is 0.909. The average Bonchev–Trinajstić information content (AvgIpc) is 2.36. The van der Waals surface area contributed by atoms with Gasteiger partial charge in [0.25, 0.3) is 0 Å². The van der Waals surface area contributed by atoms with Crippen LogP contribution in [-0.4, -0.2) is 54.8 Å². The van der Waals surface area contributed by atoms with E-state index in [1.54, 1.807) is 0 Å². The molecule has 8 heteroatoms. The van der Waals surface area contributed by atoms with Crippen molar-refractivity contribution < 1.29 is 18.4 Å². The maximum absolute atomic E-state index is 12.6. The fourth-order valence-corrected chi connectivity index (χ4v) is 1.67. The van der Waals surface area contributed by atoms with Gasteiger partial charge < -0.3 is 21.2 Å². The maximum atomic E-state index is 12.6. The number of nitrogens with two attached hydrogens (primary N) is 1. The molecule has 0 spiro atoms. The van der Waals surface area contributed by atoms with Crippen molar-refractivity contribution in [2.45, 2.75) is 26.4 Å². The molecule has 0 aliphatic rings. The highest BCUT2D eigenvalue weighted by Crippen LogP contribution is 2.25. The molecule has 0 aromatic heterocycles. The van der Waals surface area contributed by atoms with Gasteiger partial charge in [0, 0.05) is 6.54 Å². The lowest BCUT2D eigenvalue weighted by Gasteiger charge is -2.20. The highest BCUT2D eigenvalue weighted by molar-refractivity contribution is 5.83. The molecule has 0 aliphatic heterocycles. The summed E-state index contributed by atoms with van der Waals surface area (Å²) in [7, 11) is 0. The molecule has 4 N–H and O–H groups in total. The van der Waals surface area contributed by atoms with Gasteiger partial charge in [-0.25, -0.2) is 0 Å². The van der Waals surface area contributed by atoms with Crippen LogP contribution in [0.25, 0.3) is 0 Å². The van der Waals surface area contributed by atoms with Crippen molar-refractivity contribution in [2.24, 2.45) is 16.8 Å². The Morgan fingerprint density at radius 2 is 1.95 bits per heavy atom. The van der Waals surface area contributed by atoms with Gasteiger partial charge >= 0.3 is 6.18 Å². The van der Waals surface area contributed by atoms with Gasteiger partial charge in [-0.05, 0) is 32.6 Å². The standard InChI is InChI=1S/C11H23F3N4O/c1-3-18(4-2)7-5-6-16-8-9(10(15)17-19)11(12,13)14/h9,16,19H,3-8H2,1-2H3,(H2,15,17). The first-order chi connectivity index (χ1) is 8.86. The van der Waals surface area contributed by atoms with E-state index in [1.807, 2.05) is 13.8 Å². The molecule has 114 valence electrons. The number of alkyl halides is 3. The SMILES string of the molecule is CCN(CC)CCCNCC(C(N)=NO)C(F)(F)F. The van der Waals surface area contributed by atoms with Gasteiger partial charge in [-0.2, -0.15) is 13.2 Å². The van der Waals surface area contributed by atoms with Crippen molar-refractivity contribution >= 4 is 5.84 Å². The van der Waals surface area contributed by atoms with Crippen LogP contribution in [0, 0.1) is 5.92 Å². The molecule has 0 rings (SSSR count). The van der Waals surface area contributed by atoms with Crippen molar-refractivity contribution in [1.29, 1.82) is 0 Å². The lowest BCUT2D eigenvalue weighted by atomic mass is 10.1. The number of hydrogen-bond donors (Lipinski definition) is 3. The van der Waals surface area contributed by atoms with Gasteiger partial charge in [0.05, 0.1) is 0 Å². The fourth-order valence-electron chi connectivity index (χ4n) is 1.67. The zero-order valence-corrected chi connectivity index (χ0v) is 11.4. The second-order valence-electron chi connectivity index (χ2n) is 4.20. The monoisotopic (exact) mass is 284 g/mol. The molecule has 0 aromatic rings. The van der Waals surface area contributed by atoms with Crippen molar-refractivity contribution in [3.8, 4) is 0 Å². The Kier molecular flexibility index (Phi) is 8.49. The van der Waals surface area contributed by atoms with E-state index in [0.29, 0.717) is 6.54 Å². The quantitative estimate of drug-likeness (QED) is 0.196. The molecule has 0 bridgehead atoms. The Hall–Kier alpha value is -1.02. The predicted octanol–water partition coefficient (Wildman–Crippen LogP) is 1.23. The lowest BCUT2D eigenvalue weighted by molar-refractivity contribution is -0.154. The molecule has 0 heterocycles. The normalized spacial score (nSPS) is 14.9. The van der Waals surface area contributed by atoms with E-state index < -0.39 is 17.9 Å². The van der Waals surface area contributed by atoms with Gasteiger partial charge in [0.2, 0.25) is 0 Å². The van der Waals surface area contributed by atoms with Crippen LogP contribution in [0.1, 0.15) is 20.3 Å². The van der Waals surface area contributed by atoms with Crippen molar-refractivity contribution in [1.82, 2.24) is 10.2 Å². The van der Waals surface area contributed by atoms with E-state index in [-0.39, 0.29) is 6.54 Å². The minimum Gasteiger partial charge on any atom is -0.409 e. The van der Waals surface area contributed by atoms with Crippen LogP contribution < -0.4 is 11.1 Å². The second-order valence-corrected chi connectivity index (χ2v) is 4.20. The Bertz CT molecular complexity index is 267. The highest BCUT2D eigenvalue weighted by atomic mass is 19.4. The van der Waals surface area contributed by atoms with E-state index in [1.165, 1.54) is 0 Å². The number of halogens is 3. The molecular formula is C11H23F3N4O. The largest absolute Gasteiger partial charge is 0.409 e. The first-order valence-corrected chi connectivity index (χ1v) is 6.33. The van der Waals surface area contributed by atoms with Gasteiger partial charge in [-0.1, -0.05) is 19.0 Å². The van der Waals surface area contributed by atoms with Crippen molar-refractivity contribution in [2.75, 3.05) is 32.7 Å². The summed E-state index contributed by atoms with van der Waals surface area (Å²) in [6.45, 7) is 6.83. The minimum absolute atomic E-state index is 0.377. The predicted molar refractivity (Wildman–Crippen MR) is 68.2 cm³/mol. The zero-order chi connectivity index (χ0) is 14.9. The molecule has 1 unspecified atom stereocenters. The molecule has 5 nitrogen and oxygen atoms in total. The molecule has 19 heavy (non-hydrogen) atoms. The Morgan fingerprint density at radius 1 is 1.37 bits per heavy atom. The molecule has 1 atom stereocenters. The number of nitrogens with zero attached hydrogens (tertiary/aromatic N) is 2. The van der Waals surface area contributed by atoms with Crippen molar-refractivity contribution in [3.63, 3.8) is 0 Å². The number of amidine groups is 1. The summed E-state index contributed by atoms with van der Waals surface area (Å²) in [6, 6.07) is 0. The second kappa shape index (κ2) is 8.98. The summed E-state index contributed by atoms with van der Waals surface area (Å²) in [5.74, 6) is -2.77. The lowest BCUT2D eigenvalue weighted by Crippen LogP contribution is -2.43. The van der Waals surface area contributed by atoms with Crippen LogP contribution in [0.3, 0.4) is 0 Å². The third-order valence-corrected chi connectivity index (χ3v) is 2.94. The maximum Gasteiger partial charge on any atom is 0.400 e. The average molecular weight is 284 g/mol. The summed E-state index contributed by atoms with van der Waals surface area (Å²) < 4.78 is 37.8. The molecular weight excluding hydrogens is 261 g/mol. The van der Waals surface area contributed by atoms with Gasteiger partial charge in [0.15, 0.2) is 5.84 Å². The van der Waals surface area contributed by atoms with Crippen molar-refractivity contribution in [3.05, 3.63) is 0 Å². The smallest absolute Gasteiger partial charge is 0.400 e. The summed E-state index contributed by atoms with van der Waals surface area (Å²) >= 11 is 0. The van der Waals surface area contributed by atoms with Crippen LogP contribution >= 0.6 is 0 Å². The third-order valence-electron chi connectivity index (χ3n) is 2.94. The van der Waals surface area contributed by atoms with E-state index in [0.717, 1.165) is 26.1 Å². The molecule has 0 aliphatic carbocycles. The van der Waals surface area contributed by atoms with Crippen LogP contribution in [0.2, 0.25) is 0 Å². The minimum atomic E-state index is -4.51. The van der Waals surface area contributed by atoms with Gasteiger partial charge in [-0.15, -0.1) is 0 Å². The molecule has 0 saturated carbocycles. The van der Waals surface area contributed by atoms with Gasteiger partial charge in [0.1, 0.15) is 5.92 Å². The van der Waals surface area contributed by atoms with E-state index in [4.69, 9.17) is 10.9 Å².